The summed E-state index contributed by atoms with van der Waals surface area (Å²) in [6.45, 7) is 5.64. The highest BCUT2D eigenvalue weighted by Crippen LogP contribution is 2.21. The third-order valence-electron chi connectivity index (χ3n) is 4.77. The van der Waals surface area contributed by atoms with Gasteiger partial charge in [-0.25, -0.2) is 4.98 Å². The molecule has 0 spiro atoms. The Labute approximate surface area is 160 Å². The van der Waals surface area contributed by atoms with E-state index < -0.39 is 0 Å². The van der Waals surface area contributed by atoms with E-state index in [0.29, 0.717) is 6.61 Å². The lowest BCUT2D eigenvalue weighted by molar-refractivity contribution is -0.110. The maximum atomic E-state index is 10.8. The zero-order valence-electron chi connectivity index (χ0n) is 16.0. The van der Waals surface area contributed by atoms with Gasteiger partial charge >= 0.3 is 0 Å². The molecule has 1 amide bonds. The third-order valence-corrected chi connectivity index (χ3v) is 4.77. The van der Waals surface area contributed by atoms with Crippen LogP contribution in [0.4, 0.5) is 0 Å². The second-order valence-electron chi connectivity index (χ2n) is 6.67. The van der Waals surface area contributed by atoms with Crippen LogP contribution in [0.1, 0.15) is 44.1 Å². The molecule has 0 aliphatic carbocycles. The molecule has 142 valence electrons. The molecule has 0 saturated heterocycles. The second kappa shape index (κ2) is 9.21. The predicted octanol–water partition coefficient (Wildman–Crippen LogP) is 4.26. The summed E-state index contributed by atoms with van der Waals surface area (Å²) in [5.41, 5.74) is 3.38. The van der Waals surface area contributed by atoms with Crippen molar-refractivity contribution in [2.24, 2.45) is 0 Å². The van der Waals surface area contributed by atoms with Crippen LogP contribution in [0.15, 0.2) is 48.5 Å². The van der Waals surface area contributed by atoms with E-state index in [-0.39, 0.29) is 6.04 Å². The Hall–Kier alpha value is -2.82. The van der Waals surface area contributed by atoms with Crippen molar-refractivity contribution in [1.29, 1.82) is 0 Å². The van der Waals surface area contributed by atoms with Crippen molar-refractivity contribution < 1.29 is 9.53 Å². The first-order valence-corrected chi connectivity index (χ1v) is 9.59. The van der Waals surface area contributed by atoms with Crippen LogP contribution >= 0.6 is 0 Å². The van der Waals surface area contributed by atoms with E-state index in [9.17, 15) is 4.79 Å². The topological polar surface area (TPSA) is 56.1 Å². The van der Waals surface area contributed by atoms with Gasteiger partial charge in [0, 0.05) is 6.54 Å². The van der Waals surface area contributed by atoms with Crippen LogP contribution in [0.25, 0.3) is 11.0 Å². The number of unbranched alkanes of at least 4 members (excludes halogenated alkanes) is 1. The molecule has 1 aromatic heterocycles. The van der Waals surface area contributed by atoms with Crippen LogP contribution in [0, 0.1) is 0 Å². The second-order valence-corrected chi connectivity index (χ2v) is 6.67. The van der Waals surface area contributed by atoms with Crippen LogP contribution in [0.5, 0.6) is 5.75 Å². The van der Waals surface area contributed by atoms with Crippen molar-refractivity contribution in [3.05, 3.63) is 59.9 Å². The van der Waals surface area contributed by atoms with Gasteiger partial charge in [0.2, 0.25) is 6.41 Å². The van der Waals surface area contributed by atoms with Gasteiger partial charge in [0.1, 0.15) is 11.6 Å². The van der Waals surface area contributed by atoms with E-state index in [1.54, 1.807) is 0 Å². The number of amides is 1. The first-order valence-electron chi connectivity index (χ1n) is 9.59. The van der Waals surface area contributed by atoms with Crippen LogP contribution in [-0.4, -0.2) is 22.6 Å². The molecule has 5 nitrogen and oxygen atoms in total. The standard InChI is InChI=1S/C22H27N3O2/c1-3-18-10-12-19(13-11-18)27-15-7-6-14-25-21-9-5-4-8-20(21)24-22(25)17(2)23-16-26/h4-5,8-13,16-17H,3,6-7,14-15H2,1-2H3,(H,23,26). The van der Waals surface area contributed by atoms with Gasteiger partial charge in [0.05, 0.1) is 23.7 Å². The Morgan fingerprint density at radius 1 is 1.15 bits per heavy atom. The lowest BCUT2D eigenvalue weighted by Gasteiger charge is -2.14. The summed E-state index contributed by atoms with van der Waals surface area (Å²) < 4.78 is 8.05. The van der Waals surface area contributed by atoms with E-state index in [2.05, 4.69) is 35.0 Å². The smallest absolute Gasteiger partial charge is 0.207 e. The van der Waals surface area contributed by atoms with Gasteiger partial charge < -0.3 is 14.6 Å². The number of nitrogens with zero attached hydrogens (tertiary/aromatic N) is 2. The minimum absolute atomic E-state index is 0.122. The van der Waals surface area contributed by atoms with Gasteiger partial charge in [-0.1, -0.05) is 31.2 Å². The minimum Gasteiger partial charge on any atom is -0.494 e. The lowest BCUT2D eigenvalue weighted by atomic mass is 10.2. The van der Waals surface area contributed by atoms with E-state index in [0.717, 1.165) is 54.8 Å². The molecule has 5 heteroatoms. The Balaban J connectivity index is 1.58. The summed E-state index contributed by atoms with van der Waals surface area (Å²) in [6.07, 6.45) is 3.70. The fourth-order valence-electron chi connectivity index (χ4n) is 3.22. The molecule has 3 rings (SSSR count). The highest BCUT2D eigenvalue weighted by Gasteiger charge is 2.15. The fraction of sp³-hybridized carbons (Fsp3) is 0.364. The molecule has 1 N–H and O–H groups in total. The Bertz CT molecular complexity index is 871. The molecule has 2 aromatic carbocycles. The molecule has 0 aliphatic heterocycles. The number of hydrogen-bond donors (Lipinski definition) is 1. The van der Waals surface area contributed by atoms with E-state index in [4.69, 9.17) is 9.72 Å². The highest BCUT2D eigenvalue weighted by molar-refractivity contribution is 5.76. The van der Waals surface area contributed by atoms with Crippen molar-refractivity contribution in [3.63, 3.8) is 0 Å². The first-order chi connectivity index (χ1) is 13.2. The van der Waals surface area contributed by atoms with Crippen molar-refractivity contribution in [3.8, 4) is 5.75 Å². The number of para-hydroxylation sites is 2. The van der Waals surface area contributed by atoms with Gasteiger partial charge in [-0.15, -0.1) is 0 Å². The molecule has 0 saturated carbocycles. The number of hydrogen-bond acceptors (Lipinski definition) is 3. The van der Waals surface area contributed by atoms with E-state index in [1.165, 1.54) is 5.56 Å². The lowest BCUT2D eigenvalue weighted by Crippen LogP contribution is -2.20. The summed E-state index contributed by atoms with van der Waals surface area (Å²) >= 11 is 0. The highest BCUT2D eigenvalue weighted by atomic mass is 16.5. The molecule has 0 bridgehead atoms. The molecule has 1 atom stereocenters. The predicted molar refractivity (Wildman–Crippen MR) is 108 cm³/mol. The average Bonchev–Trinajstić information content (AvgIpc) is 3.07. The number of benzene rings is 2. The van der Waals surface area contributed by atoms with Crippen LogP contribution in [0.2, 0.25) is 0 Å². The Morgan fingerprint density at radius 3 is 2.67 bits per heavy atom. The molecular formula is C22H27N3O2. The number of rotatable bonds is 10. The molecule has 1 unspecified atom stereocenters. The first kappa shape index (κ1) is 19.0. The number of aromatic nitrogens is 2. The number of imidazole rings is 1. The number of aryl methyl sites for hydroxylation is 2. The van der Waals surface area contributed by atoms with Crippen LogP contribution in [-0.2, 0) is 17.8 Å². The summed E-state index contributed by atoms with van der Waals surface area (Å²) in [6, 6.07) is 16.3. The zero-order chi connectivity index (χ0) is 19.1. The van der Waals surface area contributed by atoms with Gasteiger partial charge in [0.15, 0.2) is 0 Å². The monoisotopic (exact) mass is 365 g/mol. The summed E-state index contributed by atoms with van der Waals surface area (Å²) in [5.74, 6) is 1.81. The van der Waals surface area contributed by atoms with Gasteiger partial charge in [-0.3, -0.25) is 4.79 Å². The van der Waals surface area contributed by atoms with Crippen molar-refractivity contribution in [2.45, 2.75) is 45.7 Å². The normalized spacial score (nSPS) is 12.1. The minimum atomic E-state index is -0.122. The largest absolute Gasteiger partial charge is 0.494 e. The van der Waals surface area contributed by atoms with Crippen LogP contribution in [0.3, 0.4) is 0 Å². The van der Waals surface area contributed by atoms with Crippen molar-refractivity contribution >= 4 is 17.4 Å². The molecule has 1 heterocycles. The van der Waals surface area contributed by atoms with Crippen molar-refractivity contribution in [1.82, 2.24) is 14.9 Å². The number of nitrogens with one attached hydrogen (secondary N) is 1. The quantitative estimate of drug-likeness (QED) is 0.431. The molecular weight excluding hydrogens is 338 g/mol. The molecule has 0 aliphatic rings. The van der Waals surface area contributed by atoms with E-state index in [1.807, 2.05) is 37.3 Å². The van der Waals surface area contributed by atoms with Gasteiger partial charge in [0.25, 0.3) is 0 Å². The van der Waals surface area contributed by atoms with Crippen LogP contribution < -0.4 is 10.1 Å². The maximum absolute atomic E-state index is 10.8. The molecule has 0 radical (unpaired) electrons. The number of ether oxygens (including phenoxy) is 1. The average molecular weight is 365 g/mol. The summed E-state index contributed by atoms with van der Waals surface area (Å²) in [7, 11) is 0. The SMILES string of the molecule is CCc1ccc(OCCCCn2c(C(C)NC=O)nc3ccccc32)cc1. The number of fused-ring (bicyclic) bond motifs is 1. The maximum Gasteiger partial charge on any atom is 0.207 e. The van der Waals surface area contributed by atoms with Gasteiger partial charge in [-0.05, 0) is 56.0 Å². The Morgan fingerprint density at radius 2 is 1.93 bits per heavy atom. The number of carbonyl (C=O) groups is 1. The van der Waals surface area contributed by atoms with E-state index >= 15 is 0 Å². The molecule has 27 heavy (non-hydrogen) atoms. The number of carbonyl (C=O) groups excluding carboxylic acids is 1. The molecule has 3 aromatic rings. The molecule has 0 fully saturated rings. The summed E-state index contributed by atoms with van der Waals surface area (Å²) in [5, 5.41) is 2.81. The van der Waals surface area contributed by atoms with Crippen molar-refractivity contribution in [2.75, 3.05) is 6.61 Å². The van der Waals surface area contributed by atoms with Gasteiger partial charge in [-0.2, -0.15) is 0 Å². The zero-order valence-corrected chi connectivity index (χ0v) is 16.0. The summed E-state index contributed by atoms with van der Waals surface area (Å²) in [4.78, 5) is 15.5. The Kier molecular flexibility index (Phi) is 6.47. The third kappa shape index (κ3) is 4.67. The fourth-order valence-corrected chi connectivity index (χ4v) is 3.22.